The van der Waals surface area contributed by atoms with E-state index in [1.54, 1.807) is 29.1 Å². The Labute approximate surface area is 139 Å². The van der Waals surface area contributed by atoms with E-state index in [1.165, 1.54) is 7.11 Å². The smallest absolute Gasteiger partial charge is 0.255 e. The van der Waals surface area contributed by atoms with Gasteiger partial charge in [0.2, 0.25) is 0 Å². The third-order valence-electron chi connectivity index (χ3n) is 3.19. The highest BCUT2D eigenvalue weighted by atomic mass is 16.5. The Bertz CT molecular complexity index is 700. The van der Waals surface area contributed by atoms with Crippen LogP contribution in [0.1, 0.15) is 17.3 Å². The van der Waals surface area contributed by atoms with Crippen LogP contribution in [0.15, 0.2) is 36.7 Å². The van der Waals surface area contributed by atoms with E-state index in [-0.39, 0.29) is 18.6 Å². The molecule has 2 aromatic rings. The number of methoxy groups -OCH3 is 1. The number of nitrogens with zero attached hydrogens (tertiary/aromatic N) is 2. The van der Waals surface area contributed by atoms with Crippen molar-refractivity contribution in [1.82, 2.24) is 15.1 Å². The van der Waals surface area contributed by atoms with Crippen LogP contribution in [0.2, 0.25) is 0 Å². The number of benzene rings is 1. The number of nitrogens with two attached hydrogens (primary N) is 1. The molecule has 2 amide bonds. The van der Waals surface area contributed by atoms with E-state index < -0.39 is 5.91 Å². The van der Waals surface area contributed by atoms with Gasteiger partial charge in [0.05, 0.1) is 13.7 Å². The van der Waals surface area contributed by atoms with E-state index in [0.717, 1.165) is 0 Å². The number of primary amides is 1. The molecule has 0 radical (unpaired) electrons. The minimum atomic E-state index is -0.591. The van der Waals surface area contributed by atoms with Crippen molar-refractivity contribution < 1.29 is 19.1 Å². The molecule has 0 aliphatic heterocycles. The van der Waals surface area contributed by atoms with Crippen LogP contribution in [-0.4, -0.2) is 41.4 Å². The molecule has 128 valence electrons. The van der Waals surface area contributed by atoms with Crippen LogP contribution in [0.4, 0.5) is 0 Å². The highest BCUT2D eigenvalue weighted by Crippen LogP contribution is 2.28. The molecule has 8 heteroatoms. The van der Waals surface area contributed by atoms with Crippen molar-refractivity contribution >= 4 is 11.8 Å². The van der Waals surface area contributed by atoms with Crippen LogP contribution in [0.3, 0.4) is 0 Å². The number of amides is 2. The van der Waals surface area contributed by atoms with E-state index in [1.807, 2.05) is 19.2 Å². The average Bonchev–Trinajstić information content (AvgIpc) is 3.05. The fourth-order valence-corrected chi connectivity index (χ4v) is 2.12. The van der Waals surface area contributed by atoms with Crippen molar-refractivity contribution in [3.05, 3.63) is 42.2 Å². The number of carbonyl (C=O) groups is 2. The van der Waals surface area contributed by atoms with Gasteiger partial charge in [0.1, 0.15) is 0 Å². The molecular formula is C16H20N4O4. The summed E-state index contributed by atoms with van der Waals surface area (Å²) in [6.45, 7) is 2.19. The predicted molar refractivity (Wildman–Crippen MR) is 86.8 cm³/mol. The summed E-state index contributed by atoms with van der Waals surface area (Å²) in [4.78, 5) is 23.1. The van der Waals surface area contributed by atoms with Gasteiger partial charge in [-0.25, -0.2) is 0 Å². The maximum atomic E-state index is 12.3. The molecule has 1 heterocycles. The van der Waals surface area contributed by atoms with Crippen LogP contribution in [0, 0.1) is 0 Å². The summed E-state index contributed by atoms with van der Waals surface area (Å²) in [7, 11) is 1.45. The highest BCUT2D eigenvalue weighted by molar-refractivity contribution is 5.95. The summed E-state index contributed by atoms with van der Waals surface area (Å²) >= 11 is 0. The molecule has 1 unspecified atom stereocenters. The standard InChI is InChI=1S/C16H20N4O4/c1-11(9-20-7-3-6-18-20)19-16(22)12-4-5-13(14(8-12)23-2)24-10-15(17)21/h3-8,11H,9-10H2,1-2H3,(H2,17,21)(H,19,22). The second-order valence-corrected chi connectivity index (χ2v) is 5.22. The van der Waals surface area contributed by atoms with Crippen molar-refractivity contribution in [3.8, 4) is 11.5 Å². The molecule has 1 aromatic carbocycles. The first kappa shape index (κ1) is 17.3. The zero-order valence-electron chi connectivity index (χ0n) is 13.6. The first-order chi connectivity index (χ1) is 11.5. The number of carbonyl (C=O) groups excluding carboxylic acids is 2. The number of ether oxygens (including phenoxy) is 2. The molecule has 24 heavy (non-hydrogen) atoms. The van der Waals surface area contributed by atoms with Gasteiger partial charge in [0.25, 0.3) is 11.8 Å². The molecule has 0 aliphatic carbocycles. The van der Waals surface area contributed by atoms with Crippen LogP contribution in [0.25, 0.3) is 0 Å². The predicted octanol–water partition coefficient (Wildman–Crippen LogP) is 0.574. The normalized spacial score (nSPS) is 11.6. The van der Waals surface area contributed by atoms with E-state index in [9.17, 15) is 9.59 Å². The van der Waals surface area contributed by atoms with Gasteiger partial charge < -0.3 is 20.5 Å². The van der Waals surface area contributed by atoms with Crippen molar-refractivity contribution in [2.45, 2.75) is 19.5 Å². The third kappa shape index (κ3) is 4.73. The lowest BCUT2D eigenvalue weighted by Crippen LogP contribution is -2.35. The highest BCUT2D eigenvalue weighted by Gasteiger charge is 2.14. The minimum Gasteiger partial charge on any atom is -0.493 e. The second kappa shape index (κ2) is 8.00. The molecule has 8 nitrogen and oxygen atoms in total. The van der Waals surface area contributed by atoms with Crippen LogP contribution in [-0.2, 0) is 11.3 Å². The number of hydrogen-bond donors (Lipinski definition) is 2. The Morgan fingerprint density at radius 2 is 2.17 bits per heavy atom. The quantitative estimate of drug-likeness (QED) is 0.735. The Kier molecular flexibility index (Phi) is 5.78. The lowest BCUT2D eigenvalue weighted by atomic mass is 10.1. The molecule has 1 aromatic heterocycles. The van der Waals surface area contributed by atoms with Gasteiger partial charge in [0, 0.05) is 24.0 Å². The Hall–Kier alpha value is -3.03. The average molecular weight is 332 g/mol. The summed E-state index contributed by atoms with van der Waals surface area (Å²) in [5.74, 6) is -0.137. The lowest BCUT2D eigenvalue weighted by Gasteiger charge is -2.15. The Morgan fingerprint density at radius 3 is 2.79 bits per heavy atom. The van der Waals surface area contributed by atoms with Gasteiger partial charge >= 0.3 is 0 Å². The molecule has 3 N–H and O–H groups in total. The Morgan fingerprint density at radius 1 is 1.38 bits per heavy atom. The van der Waals surface area contributed by atoms with Gasteiger partial charge in [-0.05, 0) is 31.2 Å². The lowest BCUT2D eigenvalue weighted by molar-refractivity contribution is -0.119. The van der Waals surface area contributed by atoms with Crippen molar-refractivity contribution in [1.29, 1.82) is 0 Å². The van der Waals surface area contributed by atoms with E-state index in [0.29, 0.717) is 23.6 Å². The van der Waals surface area contributed by atoms with Gasteiger partial charge in [-0.3, -0.25) is 14.3 Å². The van der Waals surface area contributed by atoms with E-state index in [2.05, 4.69) is 10.4 Å². The molecule has 0 spiro atoms. The molecule has 0 aliphatic rings. The number of rotatable bonds is 8. The monoisotopic (exact) mass is 332 g/mol. The van der Waals surface area contributed by atoms with Crippen LogP contribution in [0.5, 0.6) is 11.5 Å². The molecule has 0 saturated carbocycles. The fraction of sp³-hybridized carbons (Fsp3) is 0.312. The van der Waals surface area contributed by atoms with Gasteiger partial charge in [-0.1, -0.05) is 0 Å². The summed E-state index contributed by atoms with van der Waals surface area (Å²) in [5, 5.41) is 6.99. The van der Waals surface area contributed by atoms with Crippen LogP contribution < -0.4 is 20.5 Å². The maximum absolute atomic E-state index is 12.3. The van der Waals surface area contributed by atoms with E-state index in [4.69, 9.17) is 15.2 Å². The molecule has 0 saturated heterocycles. The summed E-state index contributed by atoms with van der Waals surface area (Å²) in [6, 6.07) is 6.43. The summed E-state index contributed by atoms with van der Waals surface area (Å²) in [5.41, 5.74) is 5.47. The molecular weight excluding hydrogens is 312 g/mol. The minimum absolute atomic E-state index is 0.103. The number of nitrogens with one attached hydrogen (secondary N) is 1. The second-order valence-electron chi connectivity index (χ2n) is 5.22. The van der Waals surface area contributed by atoms with Gasteiger partial charge in [-0.2, -0.15) is 5.10 Å². The molecule has 0 bridgehead atoms. The van der Waals surface area contributed by atoms with Crippen molar-refractivity contribution in [3.63, 3.8) is 0 Å². The topological polar surface area (TPSA) is 108 Å². The zero-order chi connectivity index (χ0) is 17.5. The van der Waals surface area contributed by atoms with E-state index >= 15 is 0 Å². The largest absolute Gasteiger partial charge is 0.493 e. The summed E-state index contributed by atoms with van der Waals surface area (Å²) < 4.78 is 12.2. The molecule has 1 atom stereocenters. The zero-order valence-corrected chi connectivity index (χ0v) is 13.6. The maximum Gasteiger partial charge on any atom is 0.255 e. The first-order valence-electron chi connectivity index (χ1n) is 7.37. The SMILES string of the molecule is COc1cc(C(=O)NC(C)Cn2cccn2)ccc1OCC(N)=O. The first-order valence-corrected chi connectivity index (χ1v) is 7.37. The molecule has 0 fully saturated rings. The van der Waals surface area contributed by atoms with Crippen molar-refractivity contribution in [2.75, 3.05) is 13.7 Å². The third-order valence-corrected chi connectivity index (χ3v) is 3.19. The number of aromatic nitrogens is 2. The fourth-order valence-electron chi connectivity index (χ4n) is 2.12. The molecule has 2 rings (SSSR count). The van der Waals surface area contributed by atoms with Crippen LogP contribution >= 0.6 is 0 Å². The van der Waals surface area contributed by atoms with Gasteiger partial charge in [0.15, 0.2) is 18.1 Å². The van der Waals surface area contributed by atoms with Gasteiger partial charge in [-0.15, -0.1) is 0 Å². The summed E-state index contributed by atoms with van der Waals surface area (Å²) in [6.07, 6.45) is 3.51. The number of hydrogen-bond acceptors (Lipinski definition) is 5. The Balaban J connectivity index is 2.02. The van der Waals surface area contributed by atoms with Crippen molar-refractivity contribution in [2.24, 2.45) is 5.73 Å².